The summed E-state index contributed by atoms with van der Waals surface area (Å²) in [6.07, 6.45) is 3.26. The monoisotopic (exact) mass is 419 g/mol. The Balaban J connectivity index is 1.46. The molecule has 0 bridgehead atoms. The average molecular weight is 420 g/mol. The molecule has 1 aliphatic carbocycles. The van der Waals surface area contributed by atoms with Gasteiger partial charge < -0.3 is 20.3 Å². The molecule has 0 unspecified atom stereocenters. The second-order valence-corrected chi connectivity index (χ2v) is 8.78. The van der Waals surface area contributed by atoms with Crippen LogP contribution in [-0.4, -0.2) is 65.9 Å². The molecule has 2 saturated heterocycles. The molecule has 29 heavy (non-hydrogen) atoms. The third-order valence-corrected chi connectivity index (χ3v) is 7.12. The molecule has 2 heterocycles. The lowest BCUT2D eigenvalue weighted by Crippen LogP contribution is -2.61. The minimum Gasteiger partial charge on any atom is -0.463 e. The van der Waals surface area contributed by atoms with Crippen LogP contribution in [0, 0.1) is 0 Å². The Labute approximate surface area is 175 Å². The van der Waals surface area contributed by atoms with Gasteiger partial charge in [0, 0.05) is 29.4 Å². The summed E-state index contributed by atoms with van der Waals surface area (Å²) in [6, 6.07) is 7.36. The highest BCUT2D eigenvalue weighted by molar-refractivity contribution is 6.30. The summed E-state index contributed by atoms with van der Waals surface area (Å²) in [5.41, 5.74) is 7.18. The number of nitrogens with zero attached hydrogens (tertiary/aromatic N) is 2. The molecular weight excluding hydrogens is 394 g/mol. The van der Waals surface area contributed by atoms with E-state index in [0.29, 0.717) is 31.0 Å². The molecule has 0 spiro atoms. The van der Waals surface area contributed by atoms with Crippen molar-refractivity contribution in [2.24, 2.45) is 5.73 Å². The third kappa shape index (κ3) is 3.62. The van der Waals surface area contributed by atoms with Crippen molar-refractivity contribution in [2.45, 2.75) is 55.7 Å². The van der Waals surface area contributed by atoms with Crippen LogP contribution in [0.15, 0.2) is 24.3 Å². The summed E-state index contributed by atoms with van der Waals surface area (Å²) in [7, 11) is 0. The highest BCUT2D eigenvalue weighted by Gasteiger charge is 2.49. The second kappa shape index (κ2) is 7.95. The van der Waals surface area contributed by atoms with E-state index in [9.17, 15) is 14.4 Å². The van der Waals surface area contributed by atoms with Crippen LogP contribution in [0.1, 0.15) is 37.7 Å². The SMILES string of the molecule is NCC1(c2cccc(Cl)c2)CCC(N2CC(=O)N3C[C@H](OC=O)C[C@H]3C2=O)CC1. The van der Waals surface area contributed by atoms with Gasteiger partial charge in [-0.3, -0.25) is 14.4 Å². The first-order valence-electron chi connectivity index (χ1n) is 10.1. The zero-order chi connectivity index (χ0) is 20.6. The molecule has 2 N–H and O–H groups in total. The third-order valence-electron chi connectivity index (χ3n) is 6.89. The van der Waals surface area contributed by atoms with Crippen molar-refractivity contribution in [3.05, 3.63) is 34.9 Å². The smallest absolute Gasteiger partial charge is 0.293 e. The van der Waals surface area contributed by atoms with Gasteiger partial charge in [-0.25, -0.2) is 0 Å². The van der Waals surface area contributed by atoms with E-state index < -0.39 is 12.1 Å². The number of carbonyl (C=O) groups is 3. The van der Waals surface area contributed by atoms with E-state index in [1.807, 2.05) is 18.2 Å². The van der Waals surface area contributed by atoms with Crippen LogP contribution in [0.2, 0.25) is 5.02 Å². The van der Waals surface area contributed by atoms with Crippen molar-refractivity contribution in [1.29, 1.82) is 0 Å². The molecule has 1 aromatic rings. The molecule has 2 atom stereocenters. The fourth-order valence-electron chi connectivity index (χ4n) is 5.20. The highest BCUT2D eigenvalue weighted by atomic mass is 35.5. The topological polar surface area (TPSA) is 92.9 Å². The summed E-state index contributed by atoms with van der Waals surface area (Å²) >= 11 is 6.19. The summed E-state index contributed by atoms with van der Waals surface area (Å²) in [4.78, 5) is 39.6. The van der Waals surface area contributed by atoms with E-state index in [-0.39, 0.29) is 29.8 Å². The van der Waals surface area contributed by atoms with Crippen LogP contribution < -0.4 is 5.73 Å². The first-order valence-corrected chi connectivity index (χ1v) is 10.5. The van der Waals surface area contributed by atoms with E-state index in [1.54, 1.807) is 9.80 Å². The maximum atomic E-state index is 13.1. The number of hydrogen-bond donors (Lipinski definition) is 1. The van der Waals surface area contributed by atoms with Gasteiger partial charge in [-0.05, 0) is 43.4 Å². The Hall–Kier alpha value is -2.12. The molecule has 0 radical (unpaired) electrons. The fourth-order valence-corrected chi connectivity index (χ4v) is 5.39. The highest BCUT2D eigenvalue weighted by Crippen LogP contribution is 2.41. The molecule has 3 aliphatic rings. The Morgan fingerprint density at radius 1 is 1.24 bits per heavy atom. The van der Waals surface area contributed by atoms with Crippen molar-refractivity contribution < 1.29 is 19.1 Å². The Morgan fingerprint density at radius 2 is 2.00 bits per heavy atom. The summed E-state index contributed by atoms with van der Waals surface area (Å²) < 4.78 is 5.00. The summed E-state index contributed by atoms with van der Waals surface area (Å²) in [5, 5.41) is 0.697. The van der Waals surface area contributed by atoms with Gasteiger partial charge in [0.25, 0.3) is 6.47 Å². The average Bonchev–Trinajstić information content (AvgIpc) is 3.16. The lowest BCUT2D eigenvalue weighted by Gasteiger charge is -2.46. The molecule has 1 aromatic carbocycles. The van der Waals surface area contributed by atoms with Crippen molar-refractivity contribution in [2.75, 3.05) is 19.6 Å². The molecule has 8 heteroatoms. The number of nitrogens with two attached hydrogens (primary N) is 1. The number of piperazine rings is 1. The maximum absolute atomic E-state index is 13.1. The Bertz CT molecular complexity index is 809. The number of carbonyl (C=O) groups excluding carboxylic acids is 3. The van der Waals surface area contributed by atoms with E-state index in [2.05, 4.69) is 6.07 Å². The van der Waals surface area contributed by atoms with Crippen LogP contribution in [0.4, 0.5) is 0 Å². The fraction of sp³-hybridized carbons (Fsp3) is 0.571. The van der Waals surface area contributed by atoms with Crippen molar-refractivity contribution in [3.63, 3.8) is 0 Å². The number of hydrogen-bond acceptors (Lipinski definition) is 5. The number of benzene rings is 1. The number of halogens is 1. The van der Waals surface area contributed by atoms with Gasteiger partial charge in [0.05, 0.1) is 6.54 Å². The van der Waals surface area contributed by atoms with Gasteiger partial charge in [0.1, 0.15) is 18.7 Å². The Kier molecular flexibility index (Phi) is 5.53. The molecular formula is C21H26ClN3O4. The van der Waals surface area contributed by atoms with Crippen molar-refractivity contribution in [3.8, 4) is 0 Å². The maximum Gasteiger partial charge on any atom is 0.293 e. The quantitative estimate of drug-likeness (QED) is 0.729. The van der Waals surface area contributed by atoms with Gasteiger partial charge >= 0.3 is 0 Å². The van der Waals surface area contributed by atoms with Crippen molar-refractivity contribution in [1.82, 2.24) is 9.80 Å². The van der Waals surface area contributed by atoms with Gasteiger partial charge in [-0.1, -0.05) is 23.7 Å². The number of fused-ring (bicyclic) bond motifs is 1. The van der Waals surface area contributed by atoms with Gasteiger partial charge in [0.2, 0.25) is 11.8 Å². The van der Waals surface area contributed by atoms with E-state index in [1.165, 1.54) is 0 Å². The van der Waals surface area contributed by atoms with E-state index in [4.69, 9.17) is 22.1 Å². The standard InChI is InChI=1S/C21H26ClN3O4/c22-15-3-1-2-14(8-15)21(12-23)6-4-16(5-7-21)24-11-19(27)25-10-17(29-13-26)9-18(25)20(24)28/h1-3,8,13,16-18H,4-7,9-12,23H2/t16?,17-,18+,21?/m1/s1. The first-order chi connectivity index (χ1) is 14.0. The molecule has 1 saturated carbocycles. The van der Waals surface area contributed by atoms with Crippen LogP contribution in [0.3, 0.4) is 0 Å². The van der Waals surface area contributed by atoms with Gasteiger partial charge in [0.15, 0.2) is 0 Å². The van der Waals surface area contributed by atoms with Crippen LogP contribution in [0.25, 0.3) is 0 Å². The largest absolute Gasteiger partial charge is 0.463 e. The number of rotatable bonds is 5. The zero-order valence-corrected chi connectivity index (χ0v) is 17.0. The molecule has 156 valence electrons. The van der Waals surface area contributed by atoms with Crippen LogP contribution >= 0.6 is 11.6 Å². The predicted molar refractivity (Wildman–Crippen MR) is 107 cm³/mol. The molecule has 4 rings (SSSR count). The number of ether oxygens (including phenoxy) is 1. The Morgan fingerprint density at radius 3 is 2.66 bits per heavy atom. The van der Waals surface area contributed by atoms with Crippen molar-refractivity contribution >= 4 is 29.9 Å². The summed E-state index contributed by atoms with van der Waals surface area (Å²) in [5.74, 6) is -0.105. The molecule has 2 aliphatic heterocycles. The predicted octanol–water partition coefficient (Wildman–Crippen LogP) is 1.46. The molecule has 2 amide bonds. The number of amides is 2. The van der Waals surface area contributed by atoms with Gasteiger partial charge in [-0.15, -0.1) is 0 Å². The lowest BCUT2D eigenvalue weighted by molar-refractivity contribution is -0.156. The minimum absolute atomic E-state index is 0.0264. The van der Waals surface area contributed by atoms with Gasteiger partial charge in [-0.2, -0.15) is 0 Å². The second-order valence-electron chi connectivity index (χ2n) is 8.34. The molecule has 0 aromatic heterocycles. The normalized spacial score (nSPS) is 32.3. The van der Waals surface area contributed by atoms with Crippen LogP contribution in [0.5, 0.6) is 0 Å². The van der Waals surface area contributed by atoms with Crippen LogP contribution in [-0.2, 0) is 24.5 Å². The zero-order valence-electron chi connectivity index (χ0n) is 16.3. The van der Waals surface area contributed by atoms with E-state index >= 15 is 0 Å². The first kappa shape index (κ1) is 20.2. The minimum atomic E-state index is -0.518. The summed E-state index contributed by atoms with van der Waals surface area (Å²) in [6.45, 7) is 1.31. The molecule has 3 fully saturated rings. The lowest BCUT2D eigenvalue weighted by atomic mass is 9.68. The van der Waals surface area contributed by atoms with E-state index in [0.717, 1.165) is 31.2 Å². The molecule has 7 nitrogen and oxygen atoms in total.